The van der Waals surface area contributed by atoms with E-state index >= 15 is 0 Å². The van der Waals surface area contributed by atoms with Gasteiger partial charge in [-0.3, -0.25) is 0 Å². The van der Waals surface area contributed by atoms with Crippen molar-refractivity contribution in [2.24, 2.45) is 0 Å². The summed E-state index contributed by atoms with van der Waals surface area (Å²) in [5, 5.41) is 4.57. The highest BCUT2D eigenvalue weighted by Gasteiger charge is 2.30. The molecule has 0 amide bonds. The third-order valence-electron chi connectivity index (χ3n) is 3.83. The summed E-state index contributed by atoms with van der Waals surface area (Å²) in [6, 6.07) is 0. The van der Waals surface area contributed by atoms with Gasteiger partial charge in [-0.05, 0) is 12.8 Å². The number of aryl methyl sites for hydroxylation is 1. The Kier molecular flexibility index (Phi) is 4.34. The van der Waals surface area contributed by atoms with Gasteiger partial charge in [0, 0.05) is 41.1 Å². The fraction of sp³-hybridized carbons (Fsp3) is 0.714. The van der Waals surface area contributed by atoms with Crippen LogP contribution in [0.5, 0.6) is 0 Å². The van der Waals surface area contributed by atoms with Gasteiger partial charge in [-0.2, -0.15) is 11.8 Å². The molecule has 0 saturated carbocycles. The number of rotatable bonds is 3. The van der Waals surface area contributed by atoms with Gasteiger partial charge in [-0.15, -0.1) is 11.8 Å². The second kappa shape index (κ2) is 6.02. The second-order valence-electron chi connectivity index (χ2n) is 5.02. The van der Waals surface area contributed by atoms with Crippen molar-refractivity contribution in [2.75, 3.05) is 11.5 Å². The minimum atomic E-state index is 0.486. The molecule has 3 rings (SSSR count). The molecular formula is C14H21N3S2. The Hall–Kier alpha value is -0.260. The fourth-order valence-electron chi connectivity index (χ4n) is 2.82. The van der Waals surface area contributed by atoms with Gasteiger partial charge < -0.3 is 5.32 Å². The van der Waals surface area contributed by atoms with Crippen molar-refractivity contribution in [1.82, 2.24) is 15.3 Å². The molecule has 19 heavy (non-hydrogen) atoms. The Morgan fingerprint density at radius 2 is 2.00 bits per heavy atom. The summed E-state index contributed by atoms with van der Waals surface area (Å²) in [4.78, 5) is 9.78. The third-order valence-corrected chi connectivity index (χ3v) is 7.07. The Morgan fingerprint density at radius 1 is 1.16 bits per heavy atom. The topological polar surface area (TPSA) is 37.8 Å². The molecular weight excluding hydrogens is 274 g/mol. The molecule has 2 unspecified atom stereocenters. The lowest BCUT2D eigenvalue weighted by Crippen LogP contribution is -2.21. The predicted molar refractivity (Wildman–Crippen MR) is 83.7 cm³/mol. The normalized spacial score (nSPS) is 26.4. The minimum Gasteiger partial charge on any atom is -0.307 e. The quantitative estimate of drug-likeness (QED) is 0.928. The molecule has 3 heterocycles. The highest BCUT2D eigenvalue weighted by Crippen LogP contribution is 2.43. The van der Waals surface area contributed by atoms with Gasteiger partial charge in [0.15, 0.2) is 0 Å². The summed E-state index contributed by atoms with van der Waals surface area (Å²) in [5.74, 6) is 3.59. The van der Waals surface area contributed by atoms with Crippen molar-refractivity contribution < 1.29 is 0 Å². The highest BCUT2D eigenvalue weighted by atomic mass is 32.2. The number of fused-ring (bicyclic) bond motifs is 1. The lowest BCUT2D eigenvalue weighted by molar-refractivity contribution is 0.728. The van der Waals surface area contributed by atoms with Crippen molar-refractivity contribution in [3.05, 3.63) is 22.8 Å². The van der Waals surface area contributed by atoms with Crippen LogP contribution in [0.15, 0.2) is 0 Å². The zero-order valence-electron chi connectivity index (χ0n) is 11.6. The number of thioether (sulfide) groups is 2. The number of hydrogen-bond donors (Lipinski definition) is 1. The van der Waals surface area contributed by atoms with Crippen LogP contribution in [0.2, 0.25) is 0 Å². The minimum absolute atomic E-state index is 0.486. The first kappa shape index (κ1) is 13.7. The zero-order valence-corrected chi connectivity index (χ0v) is 13.2. The molecule has 1 fully saturated rings. The molecule has 3 nitrogen and oxygen atoms in total. The van der Waals surface area contributed by atoms with Crippen LogP contribution in [0.1, 0.15) is 48.3 Å². The summed E-state index contributed by atoms with van der Waals surface area (Å²) in [6.07, 6.45) is 2.23. The molecule has 1 saturated heterocycles. The number of aromatic nitrogens is 2. The average Bonchev–Trinajstić information content (AvgIpc) is 2.94. The van der Waals surface area contributed by atoms with E-state index < -0.39 is 0 Å². The zero-order chi connectivity index (χ0) is 13.2. The predicted octanol–water partition coefficient (Wildman–Crippen LogP) is 2.94. The molecule has 1 aromatic rings. The van der Waals surface area contributed by atoms with Crippen molar-refractivity contribution >= 4 is 23.5 Å². The summed E-state index contributed by atoms with van der Waals surface area (Å²) in [7, 11) is 0. The van der Waals surface area contributed by atoms with E-state index in [2.05, 4.69) is 30.9 Å². The van der Waals surface area contributed by atoms with Crippen molar-refractivity contribution in [3.8, 4) is 0 Å². The number of nitrogens with one attached hydrogen (secondary N) is 1. The van der Waals surface area contributed by atoms with E-state index in [-0.39, 0.29) is 0 Å². The average molecular weight is 295 g/mol. The molecule has 0 bridgehead atoms. The van der Waals surface area contributed by atoms with Crippen LogP contribution < -0.4 is 5.32 Å². The van der Waals surface area contributed by atoms with E-state index in [0.29, 0.717) is 10.5 Å². The maximum atomic E-state index is 4.90. The summed E-state index contributed by atoms with van der Waals surface area (Å²) in [6.45, 7) is 6.35. The SMILES string of the molecule is CCc1nc(C2SCCSC2CC)nc2c1CNC2. The highest BCUT2D eigenvalue weighted by molar-refractivity contribution is 8.06. The summed E-state index contributed by atoms with van der Waals surface area (Å²) < 4.78 is 0. The molecule has 2 aliphatic heterocycles. The smallest absolute Gasteiger partial charge is 0.143 e. The Bertz CT molecular complexity index is 464. The van der Waals surface area contributed by atoms with Gasteiger partial charge in [0.25, 0.3) is 0 Å². The van der Waals surface area contributed by atoms with E-state index in [4.69, 9.17) is 9.97 Å². The third kappa shape index (κ3) is 2.65. The summed E-state index contributed by atoms with van der Waals surface area (Å²) >= 11 is 4.14. The van der Waals surface area contributed by atoms with Crippen LogP contribution in [0.25, 0.3) is 0 Å². The summed E-state index contributed by atoms with van der Waals surface area (Å²) in [5.41, 5.74) is 3.86. The Balaban J connectivity index is 1.95. The van der Waals surface area contributed by atoms with Gasteiger partial charge in [-0.1, -0.05) is 13.8 Å². The van der Waals surface area contributed by atoms with Gasteiger partial charge in [-0.25, -0.2) is 9.97 Å². The molecule has 5 heteroatoms. The Morgan fingerprint density at radius 3 is 2.79 bits per heavy atom. The van der Waals surface area contributed by atoms with E-state index in [1.54, 1.807) is 0 Å². The Labute approximate surface area is 123 Å². The van der Waals surface area contributed by atoms with Gasteiger partial charge >= 0.3 is 0 Å². The molecule has 2 atom stereocenters. The van der Waals surface area contributed by atoms with E-state index in [0.717, 1.165) is 25.3 Å². The van der Waals surface area contributed by atoms with E-state index in [1.807, 2.05) is 11.8 Å². The van der Waals surface area contributed by atoms with Crippen LogP contribution in [0, 0.1) is 0 Å². The first-order valence-corrected chi connectivity index (χ1v) is 9.25. The molecule has 0 aliphatic carbocycles. The molecule has 0 spiro atoms. The van der Waals surface area contributed by atoms with Crippen molar-refractivity contribution in [3.63, 3.8) is 0 Å². The van der Waals surface area contributed by atoms with E-state index in [1.165, 1.54) is 34.9 Å². The maximum Gasteiger partial charge on any atom is 0.143 e. The standard InChI is InChI=1S/C14H21N3S2/c1-3-10-9-7-15-8-11(9)17-14(16-10)13-12(4-2)18-5-6-19-13/h12-13,15H,3-8H2,1-2H3. The van der Waals surface area contributed by atoms with Crippen LogP contribution >= 0.6 is 23.5 Å². The molecule has 1 N–H and O–H groups in total. The number of hydrogen-bond acceptors (Lipinski definition) is 5. The molecule has 0 aromatic carbocycles. The van der Waals surface area contributed by atoms with Gasteiger partial charge in [0.1, 0.15) is 5.82 Å². The van der Waals surface area contributed by atoms with Crippen LogP contribution in [0.4, 0.5) is 0 Å². The fourth-order valence-corrected chi connectivity index (χ4v) is 5.81. The van der Waals surface area contributed by atoms with Crippen LogP contribution in [-0.4, -0.2) is 26.7 Å². The first-order valence-electron chi connectivity index (χ1n) is 7.16. The van der Waals surface area contributed by atoms with Gasteiger partial charge in [0.05, 0.1) is 10.9 Å². The van der Waals surface area contributed by atoms with Crippen molar-refractivity contribution in [1.29, 1.82) is 0 Å². The molecule has 2 aliphatic rings. The molecule has 1 aromatic heterocycles. The lowest BCUT2D eigenvalue weighted by Gasteiger charge is -2.29. The monoisotopic (exact) mass is 295 g/mol. The lowest BCUT2D eigenvalue weighted by atomic mass is 10.1. The first-order chi connectivity index (χ1) is 9.33. The number of nitrogens with zero attached hydrogens (tertiary/aromatic N) is 2. The molecule has 0 radical (unpaired) electrons. The van der Waals surface area contributed by atoms with Crippen molar-refractivity contribution in [2.45, 2.75) is 50.3 Å². The largest absolute Gasteiger partial charge is 0.307 e. The molecule has 104 valence electrons. The second-order valence-corrected chi connectivity index (χ2v) is 7.62. The van der Waals surface area contributed by atoms with Crippen LogP contribution in [0.3, 0.4) is 0 Å². The van der Waals surface area contributed by atoms with Gasteiger partial charge in [0.2, 0.25) is 0 Å². The van der Waals surface area contributed by atoms with E-state index in [9.17, 15) is 0 Å². The maximum absolute atomic E-state index is 4.90. The van der Waals surface area contributed by atoms with Crippen LogP contribution in [-0.2, 0) is 19.5 Å².